The van der Waals surface area contributed by atoms with Gasteiger partial charge in [-0.1, -0.05) is 6.07 Å². The highest BCUT2D eigenvalue weighted by atomic mass is 16.2. The number of hydrogen-bond donors (Lipinski definition) is 2. The number of nitrogens with two attached hydrogens (primary N) is 1. The van der Waals surface area contributed by atoms with Gasteiger partial charge in [0.2, 0.25) is 11.8 Å². The molecule has 5 aliphatic heterocycles. The Hall–Kier alpha value is -2.82. The van der Waals surface area contributed by atoms with Crippen LogP contribution in [0.25, 0.3) is 0 Å². The predicted octanol–water partition coefficient (Wildman–Crippen LogP) is 0.328. The molecule has 1 spiro atoms. The second-order valence-corrected chi connectivity index (χ2v) is 10.8. The van der Waals surface area contributed by atoms with E-state index in [4.69, 9.17) is 5.84 Å². The van der Waals surface area contributed by atoms with Crippen LogP contribution in [0.3, 0.4) is 0 Å². The number of benzene rings is 1. The zero-order chi connectivity index (χ0) is 24.3. The van der Waals surface area contributed by atoms with Gasteiger partial charge in [-0.2, -0.15) is 0 Å². The molecule has 4 saturated heterocycles. The fourth-order valence-corrected chi connectivity index (χ4v) is 6.62. The highest BCUT2D eigenvalue weighted by Crippen LogP contribution is 2.44. The number of hydrazine groups is 1. The first-order valence-electron chi connectivity index (χ1n) is 12.7. The smallest absolute Gasteiger partial charge is 0.264 e. The van der Waals surface area contributed by atoms with E-state index in [-0.39, 0.29) is 18.7 Å². The first kappa shape index (κ1) is 22.6. The number of hydrogen-bond acceptors (Lipinski definition) is 8. The number of nitrogens with zero attached hydrogens (tertiary/aromatic N) is 4. The Bertz CT molecular complexity index is 1080. The van der Waals surface area contributed by atoms with Crippen LogP contribution >= 0.6 is 0 Å². The lowest BCUT2D eigenvalue weighted by atomic mass is 9.70. The molecule has 1 unspecified atom stereocenters. The van der Waals surface area contributed by atoms with Crippen molar-refractivity contribution >= 4 is 29.3 Å². The van der Waals surface area contributed by atoms with E-state index >= 15 is 0 Å². The topological polar surface area (TPSA) is 119 Å². The number of fused-ring (bicyclic) bond motifs is 1. The molecule has 6 rings (SSSR count). The summed E-state index contributed by atoms with van der Waals surface area (Å²) in [6.07, 6.45) is 4.67. The first-order chi connectivity index (χ1) is 16.8. The zero-order valence-electron chi connectivity index (χ0n) is 19.9. The largest absolute Gasteiger partial charge is 0.371 e. The maximum atomic E-state index is 13.4. The number of imide groups is 2. The number of rotatable bonds is 3. The maximum Gasteiger partial charge on any atom is 0.264 e. The lowest BCUT2D eigenvalue weighted by Gasteiger charge is -2.57. The van der Waals surface area contributed by atoms with Gasteiger partial charge in [0.1, 0.15) is 6.04 Å². The molecule has 4 amide bonds. The van der Waals surface area contributed by atoms with Gasteiger partial charge in [0.25, 0.3) is 11.8 Å². The van der Waals surface area contributed by atoms with Gasteiger partial charge in [0.05, 0.1) is 16.8 Å². The van der Waals surface area contributed by atoms with E-state index in [2.05, 4.69) is 15.1 Å². The lowest BCUT2D eigenvalue weighted by molar-refractivity contribution is -0.136. The van der Waals surface area contributed by atoms with E-state index in [9.17, 15) is 19.2 Å². The molecule has 0 aliphatic carbocycles. The molecule has 0 bridgehead atoms. The summed E-state index contributed by atoms with van der Waals surface area (Å²) >= 11 is 0. The molecule has 0 aromatic heterocycles. The fourth-order valence-electron chi connectivity index (χ4n) is 6.62. The fraction of sp³-hybridized carbons (Fsp3) is 0.600. The van der Waals surface area contributed by atoms with Crippen LogP contribution in [0.1, 0.15) is 59.2 Å². The van der Waals surface area contributed by atoms with Gasteiger partial charge < -0.3 is 4.90 Å². The summed E-state index contributed by atoms with van der Waals surface area (Å²) in [4.78, 5) is 56.4. The van der Waals surface area contributed by atoms with Gasteiger partial charge in [-0.25, -0.2) is 5.01 Å². The van der Waals surface area contributed by atoms with Crippen molar-refractivity contribution in [2.45, 2.75) is 50.6 Å². The van der Waals surface area contributed by atoms with Gasteiger partial charge in [0, 0.05) is 51.7 Å². The van der Waals surface area contributed by atoms with Crippen molar-refractivity contribution < 1.29 is 19.2 Å². The van der Waals surface area contributed by atoms with Crippen molar-refractivity contribution in [2.24, 2.45) is 11.3 Å². The third-order valence-electron chi connectivity index (χ3n) is 8.70. The van der Waals surface area contributed by atoms with E-state index in [1.807, 2.05) is 17.1 Å². The Balaban J connectivity index is 1.14. The average molecular weight is 481 g/mol. The lowest BCUT2D eigenvalue weighted by Crippen LogP contribution is -2.64. The minimum atomic E-state index is -0.940. The minimum absolute atomic E-state index is 0.118. The predicted molar refractivity (Wildman–Crippen MR) is 127 cm³/mol. The second kappa shape index (κ2) is 8.39. The molecule has 1 aromatic rings. The van der Waals surface area contributed by atoms with Crippen LogP contribution in [0.4, 0.5) is 5.69 Å². The number of likely N-dealkylation sites (tertiary alicyclic amines) is 1. The van der Waals surface area contributed by atoms with Crippen LogP contribution in [-0.2, 0) is 9.59 Å². The molecule has 5 heterocycles. The molecule has 186 valence electrons. The van der Waals surface area contributed by atoms with Crippen molar-refractivity contribution in [3.8, 4) is 0 Å². The van der Waals surface area contributed by atoms with E-state index in [0.717, 1.165) is 75.5 Å². The SMILES string of the molecule is NN1CCC(N2CC3(CCN(c4cccc5c4C(=O)N(C4CCC(=O)NC4=O)C5=O)CC3)C2)CC1. The Morgan fingerprint density at radius 3 is 2.31 bits per heavy atom. The molecule has 10 heteroatoms. The van der Waals surface area contributed by atoms with E-state index in [1.165, 1.54) is 0 Å². The van der Waals surface area contributed by atoms with Gasteiger partial charge in [-0.05, 0) is 49.7 Å². The Morgan fingerprint density at radius 1 is 0.914 bits per heavy atom. The first-order valence-corrected chi connectivity index (χ1v) is 12.7. The molecule has 4 fully saturated rings. The van der Waals surface area contributed by atoms with Crippen LogP contribution in [0.5, 0.6) is 0 Å². The molecule has 10 nitrogen and oxygen atoms in total. The second-order valence-electron chi connectivity index (χ2n) is 10.8. The molecule has 35 heavy (non-hydrogen) atoms. The third kappa shape index (κ3) is 3.75. The molecule has 5 aliphatic rings. The number of piperidine rings is 3. The summed E-state index contributed by atoms with van der Waals surface area (Å²) in [7, 11) is 0. The summed E-state index contributed by atoms with van der Waals surface area (Å²) in [6, 6.07) is 5.07. The van der Waals surface area contributed by atoms with Crippen LogP contribution in [0, 0.1) is 5.41 Å². The van der Waals surface area contributed by atoms with E-state index < -0.39 is 23.8 Å². The van der Waals surface area contributed by atoms with Crippen molar-refractivity contribution in [1.82, 2.24) is 20.1 Å². The van der Waals surface area contributed by atoms with Crippen molar-refractivity contribution in [3.63, 3.8) is 0 Å². The van der Waals surface area contributed by atoms with Crippen molar-refractivity contribution in [3.05, 3.63) is 29.3 Å². The normalized spacial score (nSPS) is 27.9. The van der Waals surface area contributed by atoms with E-state index in [0.29, 0.717) is 22.6 Å². The quantitative estimate of drug-likeness (QED) is 0.469. The summed E-state index contributed by atoms with van der Waals surface area (Å²) < 4.78 is 0. The molecular formula is C25H32N6O4. The van der Waals surface area contributed by atoms with Crippen molar-refractivity contribution in [1.29, 1.82) is 0 Å². The van der Waals surface area contributed by atoms with Gasteiger partial charge in [-0.15, -0.1) is 0 Å². The highest BCUT2D eigenvalue weighted by molar-refractivity contribution is 6.25. The number of carbonyl (C=O) groups is 4. The van der Waals surface area contributed by atoms with Crippen LogP contribution in [0.15, 0.2) is 18.2 Å². The van der Waals surface area contributed by atoms with Gasteiger partial charge in [-0.3, -0.25) is 40.1 Å². The molecule has 1 atom stereocenters. The maximum absolute atomic E-state index is 13.4. The Morgan fingerprint density at radius 2 is 1.63 bits per heavy atom. The summed E-state index contributed by atoms with van der Waals surface area (Å²) in [6.45, 7) is 5.86. The molecule has 1 aromatic carbocycles. The van der Waals surface area contributed by atoms with Gasteiger partial charge >= 0.3 is 0 Å². The van der Waals surface area contributed by atoms with Crippen molar-refractivity contribution in [2.75, 3.05) is 44.2 Å². The number of carbonyl (C=O) groups excluding carboxylic acids is 4. The number of nitrogens with one attached hydrogen (secondary N) is 1. The third-order valence-corrected chi connectivity index (χ3v) is 8.70. The summed E-state index contributed by atoms with van der Waals surface area (Å²) in [5, 5.41) is 4.17. The van der Waals surface area contributed by atoms with Gasteiger partial charge in [0.15, 0.2) is 0 Å². The van der Waals surface area contributed by atoms with Crippen LogP contribution < -0.4 is 16.1 Å². The Kier molecular flexibility index (Phi) is 5.43. The summed E-state index contributed by atoms with van der Waals surface area (Å²) in [5.41, 5.74) is 1.85. The number of anilines is 1. The highest BCUT2D eigenvalue weighted by Gasteiger charge is 2.49. The number of amides is 4. The van der Waals surface area contributed by atoms with E-state index in [1.54, 1.807) is 6.07 Å². The zero-order valence-corrected chi connectivity index (χ0v) is 19.9. The monoisotopic (exact) mass is 480 g/mol. The van der Waals surface area contributed by atoms with Crippen LogP contribution in [-0.4, -0.2) is 89.8 Å². The molecular weight excluding hydrogens is 448 g/mol. The van der Waals surface area contributed by atoms with Crippen LogP contribution in [0.2, 0.25) is 0 Å². The summed E-state index contributed by atoms with van der Waals surface area (Å²) in [5.74, 6) is 4.08. The Labute approximate surface area is 204 Å². The molecule has 0 saturated carbocycles. The standard InChI is InChI=1S/C25H32N6O4/c26-30-10-6-16(7-11-30)29-14-25(15-29)8-12-28(13-9-25)18-3-1-2-17-21(18)24(35)31(23(17)34)19-4-5-20(32)27-22(19)33/h1-3,16,19H,4-15,26H2,(H,27,32,33). The average Bonchev–Trinajstić information content (AvgIpc) is 3.09. The molecule has 0 radical (unpaired) electrons. The molecule has 3 N–H and O–H groups in total. The minimum Gasteiger partial charge on any atom is -0.371 e.